The van der Waals surface area contributed by atoms with E-state index in [1.54, 1.807) is 27.4 Å². The number of halogens is 1. The number of nitrogens with two attached hydrogens (primary N) is 1. The van der Waals surface area contributed by atoms with Crippen molar-refractivity contribution >= 4 is 11.4 Å². The van der Waals surface area contributed by atoms with Crippen LogP contribution in [0.1, 0.15) is 5.56 Å². The van der Waals surface area contributed by atoms with Crippen molar-refractivity contribution in [3.8, 4) is 17.2 Å². The molecule has 0 aromatic heterocycles. The molecule has 118 valence electrons. The van der Waals surface area contributed by atoms with Crippen LogP contribution in [0.3, 0.4) is 0 Å². The van der Waals surface area contributed by atoms with Crippen LogP contribution in [-0.4, -0.2) is 21.3 Å². The summed E-state index contributed by atoms with van der Waals surface area (Å²) in [6.45, 7) is 0.479. The predicted octanol–water partition coefficient (Wildman–Crippen LogP) is 3.05. The Bertz CT molecular complexity index is 637. The number of hydrogen-bond donors (Lipinski definition) is 2. The van der Waals surface area contributed by atoms with Gasteiger partial charge in [-0.3, -0.25) is 0 Å². The van der Waals surface area contributed by atoms with Gasteiger partial charge in [0.2, 0.25) is 5.75 Å². The maximum Gasteiger partial charge on any atom is 0.203 e. The maximum absolute atomic E-state index is 13.0. The van der Waals surface area contributed by atoms with Crippen LogP contribution in [0.25, 0.3) is 0 Å². The molecule has 2 aromatic rings. The van der Waals surface area contributed by atoms with Crippen molar-refractivity contribution in [3.63, 3.8) is 0 Å². The first-order chi connectivity index (χ1) is 10.6. The molecule has 0 heterocycles. The van der Waals surface area contributed by atoms with Gasteiger partial charge in [0.05, 0.1) is 32.7 Å². The standard InChI is InChI=1S/C16H19FN2O3/c1-20-14-6-10(7-15(21-2)16(14)22-3)9-19-13-5-4-11(17)8-12(13)18/h4-8,19H,9,18H2,1-3H3. The van der Waals surface area contributed by atoms with Gasteiger partial charge in [0, 0.05) is 6.54 Å². The van der Waals surface area contributed by atoms with Crippen molar-refractivity contribution in [1.82, 2.24) is 0 Å². The van der Waals surface area contributed by atoms with Gasteiger partial charge in [0.25, 0.3) is 0 Å². The lowest BCUT2D eigenvalue weighted by Crippen LogP contribution is -2.04. The van der Waals surface area contributed by atoms with Crippen molar-refractivity contribution in [2.75, 3.05) is 32.4 Å². The Balaban J connectivity index is 2.22. The van der Waals surface area contributed by atoms with Crippen LogP contribution in [0.15, 0.2) is 30.3 Å². The normalized spacial score (nSPS) is 10.2. The summed E-state index contributed by atoms with van der Waals surface area (Å²) in [6, 6.07) is 7.91. The van der Waals surface area contributed by atoms with Crippen LogP contribution in [-0.2, 0) is 6.54 Å². The molecule has 22 heavy (non-hydrogen) atoms. The number of nitrogen functional groups attached to an aromatic ring is 1. The zero-order chi connectivity index (χ0) is 16.1. The van der Waals surface area contributed by atoms with E-state index in [1.165, 1.54) is 12.1 Å². The molecule has 0 aliphatic heterocycles. The van der Waals surface area contributed by atoms with Gasteiger partial charge in [-0.05, 0) is 35.9 Å². The average molecular weight is 306 g/mol. The number of methoxy groups -OCH3 is 3. The first-order valence-electron chi connectivity index (χ1n) is 6.66. The van der Waals surface area contributed by atoms with E-state index in [-0.39, 0.29) is 5.82 Å². The second kappa shape index (κ2) is 6.89. The Morgan fingerprint density at radius 2 is 1.64 bits per heavy atom. The van der Waals surface area contributed by atoms with E-state index < -0.39 is 0 Å². The van der Waals surface area contributed by atoms with E-state index in [1.807, 2.05) is 12.1 Å². The minimum absolute atomic E-state index is 0.354. The van der Waals surface area contributed by atoms with Gasteiger partial charge >= 0.3 is 0 Å². The number of benzene rings is 2. The lowest BCUT2D eigenvalue weighted by molar-refractivity contribution is 0.324. The monoisotopic (exact) mass is 306 g/mol. The van der Waals surface area contributed by atoms with Gasteiger partial charge in [-0.2, -0.15) is 0 Å². The molecule has 0 unspecified atom stereocenters. The molecule has 5 nitrogen and oxygen atoms in total. The van der Waals surface area contributed by atoms with Crippen molar-refractivity contribution in [1.29, 1.82) is 0 Å². The smallest absolute Gasteiger partial charge is 0.203 e. The van der Waals surface area contributed by atoms with Crippen molar-refractivity contribution in [3.05, 3.63) is 41.7 Å². The maximum atomic E-state index is 13.0. The molecule has 0 aliphatic carbocycles. The Morgan fingerprint density at radius 3 is 2.14 bits per heavy atom. The minimum Gasteiger partial charge on any atom is -0.493 e. The fraction of sp³-hybridized carbons (Fsp3) is 0.250. The third-order valence-corrected chi connectivity index (χ3v) is 3.22. The third-order valence-electron chi connectivity index (χ3n) is 3.22. The summed E-state index contributed by atoms with van der Waals surface area (Å²) < 4.78 is 28.9. The number of nitrogens with one attached hydrogen (secondary N) is 1. The second-order valence-electron chi connectivity index (χ2n) is 4.62. The molecule has 0 saturated carbocycles. The molecule has 2 aromatic carbocycles. The van der Waals surface area contributed by atoms with E-state index in [9.17, 15) is 4.39 Å². The quantitative estimate of drug-likeness (QED) is 0.803. The molecule has 3 N–H and O–H groups in total. The topological polar surface area (TPSA) is 65.7 Å². The van der Waals surface area contributed by atoms with E-state index in [0.717, 1.165) is 5.56 Å². The van der Waals surface area contributed by atoms with Crippen LogP contribution < -0.4 is 25.3 Å². The highest BCUT2D eigenvalue weighted by atomic mass is 19.1. The van der Waals surface area contributed by atoms with E-state index in [2.05, 4.69) is 5.32 Å². The summed E-state index contributed by atoms with van der Waals surface area (Å²) in [6.07, 6.45) is 0. The van der Waals surface area contributed by atoms with Crippen LogP contribution >= 0.6 is 0 Å². The summed E-state index contributed by atoms with van der Waals surface area (Å²) in [5.74, 6) is 1.32. The highest BCUT2D eigenvalue weighted by Crippen LogP contribution is 2.38. The molecule has 0 bridgehead atoms. The Morgan fingerprint density at radius 1 is 1.00 bits per heavy atom. The van der Waals surface area contributed by atoms with Crippen molar-refractivity contribution in [2.24, 2.45) is 0 Å². The number of rotatable bonds is 6. The molecule has 0 radical (unpaired) electrons. The summed E-state index contributed by atoms with van der Waals surface area (Å²) in [4.78, 5) is 0. The minimum atomic E-state index is -0.365. The summed E-state index contributed by atoms with van der Waals surface area (Å²) in [7, 11) is 4.68. The van der Waals surface area contributed by atoms with E-state index in [4.69, 9.17) is 19.9 Å². The molecule has 0 amide bonds. The number of hydrogen-bond acceptors (Lipinski definition) is 5. The highest BCUT2D eigenvalue weighted by Gasteiger charge is 2.13. The lowest BCUT2D eigenvalue weighted by atomic mass is 10.1. The number of anilines is 2. The summed E-state index contributed by atoms with van der Waals surface area (Å²) >= 11 is 0. The Hall–Kier alpha value is -2.63. The second-order valence-corrected chi connectivity index (χ2v) is 4.62. The van der Waals surface area contributed by atoms with Gasteiger partial charge in [-0.15, -0.1) is 0 Å². The first-order valence-corrected chi connectivity index (χ1v) is 6.66. The van der Waals surface area contributed by atoms with Crippen molar-refractivity contribution in [2.45, 2.75) is 6.54 Å². The van der Waals surface area contributed by atoms with Crippen LogP contribution in [0.4, 0.5) is 15.8 Å². The molecule has 0 fully saturated rings. The Labute approximate surface area is 128 Å². The first kappa shape index (κ1) is 15.8. The van der Waals surface area contributed by atoms with Crippen LogP contribution in [0, 0.1) is 5.82 Å². The van der Waals surface area contributed by atoms with Crippen molar-refractivity contribution < 1.29 is 18.6 Å². The van der Waals surface area contributed by atoms with Gasteiger partial charge in [-0.25, -0.2) is 4.39 Å². The average Bonchev–Trinajstić information content (AvgIpc) is 2.52. The largest absolute Gasteiger partial charge is 0.493 e. The highest BCUT2D eigenvalue weighted by molar-refractivity contribution is 5.66. The lowest BCUT2D eigenvalue weighted by Gasteiger charge is -2.15. The number of ether oxygens (including phenoxy) is 3. The van der Waals surface area contributed by atoms with E-state index >= 15 is 0 Å². The molecule has 2 rings (SSSR count). The van der Waals surface area contributed by atoms with Gasteiger partial charge in [0.1, 0.15) is 5.82 Å². The van der Waals surface area contributed by atoms with Crippen LogP contribution in [0.5, 0.6) is 17.2 Å². The zero-order valence-corrected chi connectivity index (χ0v) is 12.8. The zero-order valence-electron chi connectivity index (χ0n) is 12.8. The third kappa shape index (κ3) is 3.33. The fourth-order valence-corrected chi connectivity index (χ4v) is 2.13. The molecule has 0 atom stereocenters. The summed E-state index contributed by atoms with van der Waals surface area (Å²) in [5, 5.41) is 3.15. The van der Waals surface area contributed by atoms with Gasteiger partial charge in [-0.1, -0.05) is 0 Å². The van der Waals surface area contributed by atoms with Gasteiger partial charge in [0.15, 0.2) is 11.5 Å². The fourth-order valence-electron chi connectivity index (χ4n) is 2.13. The van der Waals surface area contributed by atoms with Gasteiger partial charge < -0.3 is 25.3 Å². The van der Waals surface area contributed by atoms with E-state index in [0.29, 0.717) is 35.2 Å². The SMILES string of the molecule is COc1cc(CNc2ccc(F)cc2N)cc(OC)c1OC. The molecule has 0 aliphatic rings. The Kier molecular flexibility index (Phi) is 4.93. The summed E-state index contributed by atoms with van der Waals surface area (Å²) in [5.41, 5.74) is 7.70. The molecular weight excluding hydrogens is 287 g/mol. The van der Waals surface area contributed by atoms with Crippen LogP contribution in [0.2, 0.25) is 0 Å². The molecule has 0 spiro atoms. The predicted molar refractivity (Wildman–Crippen MR) is 84.2 cm³/mol. The molecule has 0 saturated heterocycles. The molecular formula is C16H19FN2O3. The molecule has 6 heteroatoms.